The van der Waals surface area contributed by atoms with E-state index in [0.717, 1.165) is 4.68 Å². The number of nitrogens with zero attached hydrogens (tertiary/aromatic N) is 2. The van der Waals surface area contributed by atoms with Crippen molar-refractivity contribution in [1.29, 1.82) is 0 Å². The molecule has 1 aromatic carbocycles. The van der Waals surface area contributed by atoms with E-state index < -0.39 is 18.5 Å². The number of rotatable bonds is 8. The Labute approximate surface area is 195 Å². The van der Waals surface area contributed by atoms with Crippen LogP contribution in [0.15, 0.2) is 48.0 Å². The minimum atomic E-state index is -0.914. The third-order valence-electron chi connectivity index (χ3n) is 4.18. The maximum atomic E-state index is 13.3. The Kier molecular flexibility index (Phi) is 8.63. The number of aromatic nitrogens is 2. The van der Waals surface area contributed by atoms with Gasteiger partial charge in [-0.25, -0.2) is 9.07 Å². The molecule has 4 N–H and O–H groups in total. The van der Waals surface area contributed by atoms with Gasteiger partial charge in [0.1, 0.15) is 18.2 Å². The predicted molar refractivity (Wildman–Crippen MR) is 126 cm³/mol. The standard InChI is InChI=1S/C22H24Cl2FN5O2/c1-5-6-7-17(24)20(26)30-18(10-15(11-25)29-30)22(32)28-19-13(4)8-14(23)9-16(19)21(31)27-12(2)3/h5-10,12H,1,11,26H2,2-4H3,(H,27,31)(H,28,32)/b7-6-,20-17-. The molecule has 2 amide bonds. The molecule has 170 valence electrons. The number of amides is 2. The van der Waals surface area contributed by atoms with Crippen LogP contribution in [0.2, 0.25) is 5.02 Å². The third kappa shape index (κ3) is 5.99. The van der Waals surface area contributed by atoms with Gasteiger partial charge >= 0.3 is 0 Å². The van der Waals surface area contributed by atoms with E-state index in [4.69, 9.17) is 28.9 Å². The van der Waals surface area contributed by atoms with Crippen LogP contribution in [-0.4, -0.2) is 27.6 Å². The lowest BCUT2D eigenvalue weighted by Crippen LogP contribution is -2.31. The van der Waals surface area contributed by atoms with Crippen molar-refractivity contribution in [1.82, 2.24) is 15.1 Å². The topological polar surface area (TPSA) is 102 Å². The second-order valence-corrected chi connectivity index (χ2v) is 7.97. The quantitative estimate of drug-likeness (QED) is 0.474. The van der Waals surface area contributed by atoms with Crippen molar-refractivity contribution in [2.45, 2.75) is 33.5 Å². The maximum Gasteiger partial charge on any atom is 0.274 e. The molecular weight excluding hydrogens is 456 g/mol. The zero-order valence-electron chi connectivity index (χ0n) is 17.9. The molecule has 32 heavy (non-hydrogen) atoms. The molecule has 0 bridgehead atoms. The van der Waals surface area contributed by atoms with Crippen LogP contribution in [0, 0.1) is 6.92 Å². The number of allylic oxidation sites excluding steroid dienone is 4. The fourth-order valence-corrected chi connectivity index (χ4v) is 3.21. The molecular formula is C22H24Cl2FN5O2. The van der Waals surface area contributed by atoms with Gasteiger partial charge in [0.15, 0.2) is 0 Å². The Bertz CT molecular complexity index is 1110. The summed E-state index contributed by atoms with van der Waals surface area (Å²) < 4.78 is 14.3. The van der Waals surface area contributed by atoms with Gasteiger partial charge in [0, 0.05) is 11.1 Å². The number of hydrogen-bond donors (Lipinski definition) is 3. The smallest absolute Gasteiger partial charge is 0.274 e. The molecule has 0 saturated heterocycles. The summed E-state index contributed by atoms with van der Waals surface area (Å²) in [6.07, 6.45) is 4.50. The van der Waals surface area contributed by atoms with Crippen molar-refractivity contribution < 1.29 is 14.0 Å². The summed E-state index contributed by atoms with van der Waals surface area (Å²) in [5.41, 5.74) is 6.97. The summed E-state index contributed by atoms with van der Waals surface area (Å²) in [6, 6.07) is 4.19. The molecule has 0 radical (unpaired) electrons. The highest BCUT2D eigenvalue weighted by molar-refractivity contribution is 6.33. The van der Waals surface area contributed by atoms with E-state index in [2.05, 4.69) is 22.3 Å². The second kappa shape index (κ2) is 11.0. The van der Waals surface area contributed by atoms with Gasteiger partial charge in [-0.3, -0.25) is 9.59 Å². The normalized spacial score (nSPS) is 12.1. The average molecular weight is 480 g/mol. The SMILES string of the molecule is C=C/C=C\C(Cl)=C(/N)n1nc(CF)cc1C(=O)Nc1c(C)cc(Cl)cc1C(=O)NC(C)C. The third-order valence-corrected chi connectivity index (χ3v) is 4.72. The molecule has 10 heteroatoms. The fraction of sp³-hybridized carbons (Fsp3) is 0.227. The van der Waals surface area contributed by atoms with Crippen LogP contribution in [0.4, 0.5) is 10.1 Å². The van der Waals surface area contributed by atoms with Crippen LogP contribution in [-0.2, 0) is 6.67 Å². The number of carbonyl (C=O) groups excluding carboxylic acids is 2. The van der Waals surface area contributed by atoms with Crippen LogP contribution >= 0.6 is 23.2 Å². The summed E-state index contributed by atoms with van der Waals surface area (Å²) in [5, 5.41) is 9.89. The van der Waals surface area contributed by atoms with Crippen molar-refractivity contribution in [2.75, 3.05) is 5.32 Å². The van der Waals surface area contributed by atoms with Crippen molar-refractivity contribution in [2.24, 2.45) is 5.73 Å². The first kappa shape index (κ1) is 25.2. The second-order valence-electron chi connectivity index (χ2n) is 7.12. The largest absolute Gasteiger partial charge is 0.382 e. The van der Waals surface area contributed by atoms with Crippen LogP contribution in [0.5, 0.6) is 0 Å². The van der Waals surface area contributed by atoms with Crippen molar-refractivity contribution >= 4 is 46.5 Å². The highest BCUT2D eigenvalue weighted by atomic mass is 35.5. The summed E-state index contributed by atoms with van der Waals surface area (Å²) in [4.78, 5) is 25.8. The summed E-state index contributed by atoms with van der Waals surface area (Å²) >= 11 is 12.3. The van der Waals surface area contributed by atoms with Gasteiger partial charge in [0.2, 0.25) is 0 Å². The van der Waals surface area contributed by atoms with E-state index in [1.807, 2.05) is 13.8 Å². The van der Waals surface area contributed by atoms with E-state index in [-0.39, 0.29) is 39.5 Å². The monoisotopic (exact) mass is 479 g/mol. The van der Waals surface area contributed by atoms with Crippen molar-refractivity contribution in [3.63, 3.8) is 0 Å². The molecule has 0 aliphatic heterocycles. The fourth-order valence-electron chi connectivity index (χ4n) is 2.79. The number of anilines is 1. The molecule has 7 nitrogen and oxygen atoms in total. The maximum absolute atomic E-state index is 13.3. The molecule has 0 saturated carbocycles. The number of aryl methyl sites for hydroxylation is 1. The van der Waals surface area contributed by atoms with E-state index >= 15 is 0 Å². The first-order valence-corrected chi connectivity index (χ1v) is 10.4. The lowest BCUT2D eigenvalue weighted by atomic mass is 10.1. The number of nitrogens with one attached hydrogen (secondary N) is 2. The van der Waals surface area contributed by atoms with E-state index in [1.165, 1.54) is 24.3 Å². The zero-order chi connectivity index (χ0) is 24.0. The van der Waals surface area contributed by atoms with E-state index in [1.54, 1.807) is 19.1 Å². The van der Waals surface area contributed by atoms with Crippen molar-refractivity contribution in [3.8, 4) is 0 Å². The van der Waals surface area contributed by atoms with E-state index in [0.29, 0.717) is 10.6 Å². The minimum absolute atomic E-state index is 0.0131. The highest BCUT2D eigenvalue weighted by Gasteiger charge is 2.22. The van der Waals surface area contributed by atoms with Gasteiger partial charge < -0.3 is 16.4 Å². The van der Waals surface area contributed by atoms with Crippen LogP contribution < -0.4 is 16.4 Å². The Morgan fingerprint density at radius 3 is 2.59 bits per heavy atom. The van der Waals surface area contributed by atoms with Gasteiger partial charge in [-0.1, -0.05) is 41.9 Å². The van der Waals surface area contributed by atoms with Gasteiger partial charge in [-0.2, -0.15) is 5.10 Å². The Balaban J connectivity index is 2.53. The molecule has 2 aromatic rings. The molecule has 1 aromatic heterocycles. The number of halogens is 3. The number of nitrogens with two attached hydrogens (primary N) is 1. The first-order valence-electron chi connectivity index (χ1n) is 9.61. The Hall–Kier alpha value is -3.10. The highest BCUT2D eigenvalue weighted by Crippen LogP contribution is 2.27. The summed E-state index contributed by atoms with van der Waals surface area (Å²) in [7, 11) is 0. The molecule has 0 aliphatic rings. The minimum Gasteiger partial charge on any atom is -0.382 e. The summed E-state index contributed by atoms with van der Waals surface area (Å²) in [6.45, 7) is 7.95. The molecule has 0 spiro atoms. The van der Waals surface area contributed by atoms with Crippen LogP contribution in [0.3, 0.4) is 0 Å². The lowest BCUT2D eigenvalue weighted by molar-refractivity contribution is 0.0944. The molecule has 0 aliphatic carbocycles. The number of benzene rings is 1. The predicted octanol–water partition coefficient (Wildman–Crippen LogP) is 4.77. The van der Waals surface area contributed by atoms with Crippen LogP contribution in [0.1, 0.15) is 46.0 Å². The number of carbonyl (C=O) groups is 2. The number of alkyl halides is 1. The van der Waals surface area contributed by atoms with Gasteiger partial charge in [-0.15, -0.1) is 0 Å². The molecule has 0 unspecified atom stereocenters. The van der Waals surface area contributed by atoms with Gasteiger partial charge in [0.05, 0.1) is 22.0 Å². The Morgan fingerprint density at radius 2 is 2.00 bits per heavy atom. The number of hydrogen-bond acceptors (Lipinski definition) is 4. The molecule has 1 heterocycles. The molecule has 0 atom stereocenters. The van der Waals surface area contributed by atoms with Gasteiger partial charge in [0.25, 0.3) is 11.8 Å². The van der Waals surface area contributed by atoms with Gasteiger partial charge in [-0.05, 0) is 50.6 Å². The van der Waals surface area contributed by atoms with Crippen LogP contribution in [0.25, 0.3) is 5.82 Å². The molecule has 0 fully saturated rings. The Morgan fingerprint density at radius 1 is 1.31 bits per heavy atom. The lowest BCUT2D eigenvalue weighted by Gasteiger charge is -2.16. The zero-order valence-corrected chi connectivity index (χ0v) is 19.4. The summed E-state index contributed by atoms with van der Waals surface area (Å²) in [5.74, 6) is -1.16. The average Bonchev–Trinajstić information content (AvgIpc) is 3.17. The van der Waals surface area contributed by atoms with E-state index in [9.17, 15) is 14.0 Å². The molecule has 2 rings (SSSR count). The van der Waals surface area contributed by atoms with Crippen molar-refractivity contribution in [3.05, 3.63) is 75.6 Å². The first-order chi connectivity index (χ1) is 15.1.